The molecule has 5 nitrogen and oxygen atoms in total. The molecule has 6 heteroatoms. The van der Waals surface area contributed by atoms with Crippen LogP contribution in [-0.4, -0.2) is 59.6 Å². The second-order valence-electron chi connectivity index (χ2n) is 4.72. The number of hydrogen-bond donors (Lipinski definition) is 2. The Morgan fingerprint density at radius 1 is 1.32 bits per heavy atom. The zero-order chi connectivity index (χ0) is 14.9. The van der Waals surface area contributed by atoms with Crippen LogP contribution in [0.1, 0.15) is 33.1 Å². The van der Waals surface area contributed by atoms with Gasteiger partial charge < -0.3 is 15.3 Å². The number of carboxylic acids is 1. The maximum Gasteiger partial charge on any atom is 0.323 e. The number of carbonyl (C=O) groups is 2. The monoisotopic (exact) mass is 290 g/mol. The quantitative estimate of drug-likeness (QED) is 0.596. The summed E-state index contributed by atoms with van der Waals surface area (Å²) >= 11 is 1.56. The molecule has 0 radical (unpaired) electrons. The van der Waals surface area contributed by atoms with E-state index in [9.17, 15) is 14.7 Å². The maximum atomic E-state index is 11.4. The van der Waals surface area contributed by atoms with Crippen LogP contribution in [0.5, 0.6) is 0 Å². The molecule has 0 rings (SSSR count). The second kappa shape index (κ2) is 9.20. The van der Waals surface area contributed by atoms with Gasteiger partial charge in [0.05, 0.1) is 5.75 Å². The molecule has 1 unspecified atom stereocenters. The summed E-state index contributed by atoms with van der Waals surface area (Å²) in [7, 11) is 3.47. The summed E-state index contributed by atoms with van der Waals surface area (Å²) in [6.45, 7) is 4.45. The normalized spacial score (nSPS) is 13.9. The zero-order valence-electron chi connectivity index (χ0n) is 12.4. The average Bonchev–Trinajstić information content (AvgIpc) is 2.36. The van der Waals surface area contributed by atoms with Crippen molar-refractivity contribution in [3.63, 3.8) is 0 Å². The van der Waals surface area contributed by atoms with Gasteiger partial charge in [-0.2, -0.15) is 11.8 Å². The van der Waals surface area contributed by atoms with Crippen molar-refractivity contribution < 1.29 is 14.7 Å². The number of carbonyl (C=O) groups excluding carboxylic acids is 1. The molecule has 0 aliphatic rings. The molecule has 19 heavy (non-hydrogen) atoms. The molecule has 0 bridgehead atoms. The van der Waals surface area contributed by atoms with Crippen molar-refractivity contribution in [2.75, 3.05) is 32.1 Å². The summed E-state index contributed by atoms with van der Waals surface area (Å²) < 4.78 is 0. The van der Waals surface area contributed by atoms with Gasteiger partial charge in [-0.05, 0) is 31.6 Å². The summed E-state index contributed by atoms with van der Waals surface area (Å²) in [5.74, 6) is 0.573. The van der Waals surface area contributed by atoms with E-state index in [1.807, 2.05) is 13.8 Å². The van der Waals surface area contributed by atoms with Crippen LogP contribution in [0.3, 0.4) is 0 Å². The Morgan fingerprint density at radius 2 is 1.95 bits per heavy atom. The summed E-state index contributed by atoms with van der Waals surface area (Å²) in [6.07, 6.45) is 1.95. The van der Waals surface area contributed by atoms with Crippen molar-refractivity contribution >= 4 is 23.6 Å². The van der Waals surface area contributed by atoms with Crippen molar-refractivity contribution in [1.82, 2.24) is 10.2 Å². The van der Waals surface area contributed by atoms with Gasteiger partial charge in [-0.3, -0.25) is 9.59 Å². The van der Waals surface area contributed by atoms with Gasteiger partial charge >= 0.3 is 5.97 Å². The van der Waals surface area contributed by atoms with Crippen molar-refractivity contribution in [2.24, 2.45) is 0 Å². The molecule has 112 valence electrons. The highest BCUT2D eigenvalue weighted by molar-refractivity contribution is 7.99. The van der Waals surface area contributed by atoms with Crippen LogP contribution in [0.2, 0.25) is 0 Å². The Hall–Kier alpha value is -0.750. The molecule has 0 aromatic rings. The lowest BCUT2D eigenvalue weighted by molar-refractivity contribution is -0.145. The molecule has 2 N–H and O–H groups in total. The molecule has 0 aromatic carbocycles. The van der Waals surface area contributed by atoms with E-state index in [0.29, 0.717) is 25.1 Å². The van der Waals surface area contributed by atoms with Crippen LogP contribution in [0.15, 0.2) is 0 Å². The molecule has 0 heterocycles. The molecular formula is C13H26N2O3S. The number of thioether (sulfide) groups is 1. The fraction of sp³-hybridized carbons (Fsp3) is 0.846. The predicted molar refractivity (Wildman–Crippen MR) is 79.6 cm³/mol. The first kappa shape index (κ1) is 18.2. The maximum absolute atomic E-state index is 11.4. The standard InChI is InChI=1S/C13H26N2O3S/c1-5-13(12(17)18,14-6-2)8-7-9-19-10-11(16)15(3)4/h14H,5-10H2,1-4H3,(H,17,18). The third kappa shape index (κ3) is 6.29. The molecule has 0 aliphatic heterocycles. The number of nitrogens with one attached hydrogen (secondary N) is 1. The van der Waals surface area contributed by atoms with Crippen molar-refractivity contribution in [3.8, 4) is 0 Å². The highest BCUT2D eigenvalue weighted by Gasteiger charge is 2.34. The van der Waals surface area contributed by atoms with Gasteiger partial charge in [-0.1, -0.05) is 13.8 Å². The highest BCUT2D eigenvalue weighted by Crippen LogP contribution is 2.19. The lowest BCUT2D eigenvalue weighted by atomic mass is 9.91. The topological polar surface area (TPSA) is 69.6 Å². The molecule has 0 aliphatic carbocycles. The van der Waals surface area contributed by atoms with Gasteiger partial charge in [0.2, 0.25) is 5.91 Å². The van der Waals surface area contributed by atoms with Crippen LogP contribution in [0.25, 0.3) is 0 Å². The smallest absolute Gasteiger partial charge is 0.323 e. The number of carboxylic acid groups (broad SMARTS) is 1. The van der Waals surface area contributed by atoms with Gasteiger partial charge in [0, 0.05) is 14.1 Å². The predicted octanol–water partition coefficient (Wildman–Crippen LogP) is 1.43. The van der Waals surface area contributed by atoms with Crippen molar-refractivity contribution in [1.29, 1.82) is 0 Å². The largest absolute Gasteiger partial charge is 0.480 e. The highest BCUT2D eigenvalue weighted by atomic mass is 32.2. The lowest BCUT2D eigenvalue weighted by Gasteiger charge is -2.29. The van der Waals surface area contributed by atoms with E-state index in [-0.39, 0.29) is 5.91 Å². The van der Waals surface area contributed by atoms with E-state index in [4.69, 9.17) is 0 Å². The van der Waals surface area contributed by atoms with Crippen LogP contribution >= 0.6 is 11.8 Å². The first-order valence-corrected chi connectivity index (χ1v) is 7.81. The average molecular weight is 290 g/mol. The SMILES string of the molecule is CCNC(CC)(CCCSCC(=O)N(C)C)C(=O)O. The van der Waals surface area contributed by atoms with Crippen molar-refractivity contribution in [2.45, 2.75) is 38.6 Å². The first-order valence-electron chi connectivity index (χ1n) is 6.66. The minimum absolute atomic E-state index is 0.0941. The number of aliphatic carboxylic acids is 1. The minimum Gasteiger partial charge on any atom is -0.480 e. The minimum atomic E-state index is -0.819. The van der Waals surface area contributed by atoms with E-state index in [1.165, 1.54) is 0 Å². The number of nitrogens with zero attached hydrogens (tertiary/aromatic N) is 1. The summed E-state index contributed by atoms with van der Waals surface area (Å²) in [6, 6.07) is 0. The van der Waals surface area contributed by atoms with Crippen LogP contribution in [0, 0.1) is 0 Å². The van der Waals surface area contributed by atoms with Crippen LogP contribution in [0.4, 0.5) is 0 Å². The van der Waals surface area contributed by atoms with Crippen LogP contribution < -0.4 is 5.32 Å². The number of amides is 1. The Kier molecular flexibility index (Phi) is 8.84. The van der Waals surface area contributed by atoms with Crippen LogP contribution in [-0.2, 0) is 9.59 Å². The van der Waals surface area contributed by atoms with E-state index in [2.05, 4.69) is 5.32 Å². The summed E-state index contributed by atoms with van der Waals surface area (Å²) in [4.78, 5) is 24.3. The van der Waals surface area contributed by atoms with Gasteiger partial charge in [0.25, 0.3) is 0 Å². The Balaban J connectivity index is 4.07. The van der Waals surface area contributed by atoms with E-state index >= 15 is 0 Å². The Morgan fingerprint density at radius 3 is 2.37 bits per heavy atom. The van der Waals surface area contributed by atoms with Crippen molar-refractivity contribution in [3.05, 3.63) is 0 Å². The zero-order valence-corrected chi connectivity index (χ0v) is 13.2. The van der Waals surface area contributed by atoms with Gasteiger partial charge in [-0.15, -0.1) is 0 Å². The summed E-state index contributed by atoms with van der Waals surface area (Å²) in [5, 5.41) is 12.4. The Bertz CT molecular complexity index is 298. The fourth-order valence-electron chi connectivity index (χ4n) is 1.83. The first-order chi connectivity index (χ1) is 8.89. The van der Waals surface area contributed by atoms with Gasteiger partial charge in [-0.25, -0.2) is 0 Å². The molecule has 0 aromatic heterocycles. The number of rotatable bonds is 10. The number of likely N-dealkylation sites (N-methyl/N-ethyl adjacent to an activating group) is 1. The van der Waals surface area contributed by atoms with E-state index in [0.717, 1.165) is 12.2 Å². The van der Waals surface area contributed by atoms with Gasteiger partial charge in [0.15, 0.2) is 0 Å². The Labute approximate surface area is 120 Å². The summed E-state index contributed by atoms with van der Waals surface area (Å²) in [5.41, 5.74) is -0.819. The third-order valence-electron chi connectivity index (χ3n) is 3.14. The number of hydrogen-bond acceptors (Lipinski definition) is 4. The second-order valence-corrected chi connectivity index (χ2v) is 5.82. The lowest BCUT2D eigenvalue weighted by Crippen LogP contribution is -2.51. The third-order valence-corrected chi connectivity index (χ3v) is 4.17. The van der Waals surface area contributed by atoms with E-state index in [1.54, 1.807) is 30.8 Å². The molecule has 0 saturated heterocycles. The van der Waals surface area contributed by atoms with E-state index < -0.39 is 11.5 Å². The molecular weight excluding hydrogens is 264 g/mol. The van der Waals surface area contributed by atoms with Gasteiger partial charge in [0.1, 0.15) is 5.54 Å². The fourth-order valence-corrected chi connectivity index (χ4v) is 2.75. The molecule has 0 saturated carbocycles. The molecule has 1 amide bonds. The molecule has 0 fully saturated rings. The molecule has 0 spiro atoms. The molecule has 1 atom stereocenters.